The Labute approximate surface area is 362 Å². The van der Waals surface area contributed by atoms with Crippen LogP contribution in [-0.4, -0.2) is 60.9 Å². The molecule has 0 saturated carbocycles. The van der Waals surface area contributed by atoms with Crippen molar-refractivity contribution in [1.82, 2.24) is 4.90 Å². The van der Waals surface area contributed by atoms with Crippen LogP contribution in [0, 0.1) is 18.8 Å². The van der Waals surface area contributed by atoms with E-state index >= 15 is 14.4 Å². The molecule has 0 aromatic heterocycles. The lowest BCUT2D eigenvalue weighted by Crippen LogP contribution is -2.75. The van der Waals surface area contributed by atoms with Crippen molar-refractivity contribution >= 4 is 52.5 Å². The molecule has 0 unspecified atom stereocenters. The Morgan fingerprint density at radius 1 is 0.694 bits per heavy atom. The second-order valence-corrected chi connectivity index (χ2v) is 16.7. The Morgan fingerprint density at radius 2 is 1.29 bits per heavy atom. The SMILES string of the molecule is COC(=O)C1=C(C(=O)OC)[C@@]2(O[C@H]3[C@@H]4C=C[C@H](N13)[C@]1(C(=O)N(Cc3ccccc3)c3ccc(Cl)cc31)[C@H]4C(=O)c1ccc(C)cc1)C(=O)N(Cc1ccccc1)c1ccccc12. The molecule has 1 aliphatic carbocycles. The van der Waals surface area contributed by atoms with Crippen LogP contribution >= 0.6 is 11.6 Å². The van der Waals surface area contributed by atoms with E-state index in [1.807, 2.05) is 85.8 Å². The number of aryl methyl sites for hydroxylation is 1. The minimum absolute atomic E-state index is 0.116. The number of ether oxygens (including phenoxy) is 3. The molecule has 11 rings (SSSR count). The number of esters is 2. The van der Waals surface area contributed by atoms with Crippen LogP contribution in [0.2, 0.25) is 5.02 Å². The predicted octanol–water partition coefficient (Wildman–Crippen LogP) is 7.20. The molecule has 5 heterocycles. The Morgan fingerprint density at radius 3 is 1.94 bits per heavy atom. The number of rotatable bonds is 8. The second kappa shape index (κ2) is 14.7. The molecule has 2 spiro atoms. The average Bonchev–Trinajstić information content (AvgIpc) is 3.66. The smallest absolute Gasteiger partial charge is 0.355 e. The highest BCUT2D eigenvalue weighted by Crippen LogP contribution is 2.64. The normalized spacial score (nSPS) is 25.3. The lowest BCUT2D eigenvalue weighted by molar-refractivity contribution is -0.216. The van der Waals surface area contributed by atoms with Gasteiger partial charge in [0.1, 0.15) is 22.9 Å². The van der Waals surface area contributed by atoms with Crippen molar-refractivity contribution in [2.24, 2.45) is 11.8 Å². The molecular weight excluding hydrogens is 806 g/mol. The number of piperidine rings is 1. The fourth-order valence-electron chi connectivity index (χ4n) is 10.5. The number of carbonyl (C=O) groups excluding carboxylic acids is 5. The lowest BCUT2D eigenvalue weighted by atomic mass is 9.53. The number of Topliss-reactive ketones (excluding diaryl/α,β-unsaturated/α-hetero) is 1. The number of anilines is 2. The number of fused-ring (bicyclic) bond motifs is 3. The third kappa shape index (κ3) is 5.44. The molecule has 1 fully saturated rings. The van der Waals surface area contributed by atoms with Gasteiger partial charge in [-0.05, 0) is 47.9 Å². The first kappa shape index (κ1) is 39.3. The number of hydrogen-bond donors (Lipinski definition) is 0. The summed E-state index contributed by atoms with van der Waals surface area (Å²) in [4.78, 5) is 81.1. The van der Waals surface area contributed by atoms with Crippen molar-refractivity contribution < 1.29 is 38.2 Å². The Balaban J connectivity index is 1.25. The highest BCUT2D eigenvalue weighted by Gasteiger charge is 2.74. The van der Waals surface area contributed by atoms with Gasteiger partial charge in [-0.25, -0.2) is 9.59 Å². The molecule has 2 amide bonds. The first-order valence-electron chi connectivity index (χ1n) is 20.3. The van der Waals surface area contributed by atoms with Gasteiger partial charge in [0, 0.05) is 27.8 Å². The van der Waals surface area contributed by atoms with Crippen LogP contribution in [0.4, 0.5) is 11.4 Å². The molecule has 11 nitrogen and oxygen atoms in total. The van der Waals surface area contributed by atoms with Crippen LogP contribution in [0.5, 0.6) is 0 Å². The maximum atomic E-state index is 16.0. The average molecular weight is 846 g/mol. The first-order valence-corrected chi connectivity index (χ1v) is 20.7. The fourth-order valence-corrected chi connectivity index (χ4v) is 10.7. The van der Waals surface area contributed by atoms with E-state index in [0.717, 1.165) is 23.8 Å². The van der Waals surface area contributed by atoms with Gasteiger partial charge < -0.3 is 28.9 Å². The van der Waals surface area contributed by atoms with Crippen LogP contribution in [0.15, 0.2) is 151 Å². The maximum absolute atomic E-state index is 16.0. The predicted molar refractivity (Wildman–Crippen MR) is 230 cm³/mol. The lowest BCUT2D eigenvalue weighted by Gasteiger charge is -2.62. The van der Waals surface area contributed by atoms with Crippen molar-refractivity contribution in [3.63, 3.8) is 0 Å². The van der Waals surface area contributed by atoms with E-state index in [1.165, 1.54) is 12.0 Å². The zero-order valence-electron chi connectivity index (χ0n) is 34.0. The molecule has 0 N–H and O–H groups in total. The molecule has 5 aliphatic heterocycles. The highest BCUT2D eigenvalue weighted by atomic mass is 35.5. The number of amides is 2. The van der Waals surface area contributed by atoms with Crippen molar-refractivity contribution in [2.75, 3.05) is 24.0 Å². The fraction of sp³-hybridized carbons (Fsp3) is 0.220. The molecule has 6 aliphatic rings. The molecule has 310 valence electrons. The van der Waals surface area contributed by atoms with Gasteiger partial charge in [-0.3, -0.25) is 14.4 Å². The van der Waals surface area contributed by atoms with Gasteiger partial charge in [-0.1, -0.05) is 132 Å². The number of carbonyl (C=O) groups is 5. The number of hydrogen-bond acceptors (Lipinski definition) is 9. The first-order chi connectivity index (χ1) is 30.1. The van der Waals surface area contributed by atoms with Crippen LogP contribution in [0.1, 0.15) is 38.2 Å². The van der Waals surface area contributed by atoms with Gasteiger partial charge >= 0.3 is 11.9 Å². The summed E-state index contributed by atoms with van der Waals surface area (Å²) >= 11 is 6.83. The monoisotopic (exact) mass is 845 g/mol. The molecule has 6 atom stereocenters. The van der Waals surface area contributed by atoms with E-state index in [2.05, 4.69) is 0 Å². The van der Waals surface area contributed by atoms with Crippen LogP contribution in [0.25, 0.3) is 0 Å². The number of halogens is 1. The van der Waals surface area contributed by atoms with Crippen LogP contribution < -0.4 is 9.80 Å². The number of ketones is 1. The molecular formula is C50H40ClN3O8. The maximum Gasteiger partial charge on any atom is 0.355 e. The summed E-state index contributed by atoms with van der Waals surface area (Å²) in [6, 6.07) is 37.1. The van der Waals surface area contributed by atoms with Gasteiger partial charge in [0.05, 0.1) is 45.0 Å². The van der Waals surface area contributed by atoms with Gasteiger partial charge in [-0.2, -0.15) is 0 Å². The van der Waals surface area contributed by atoms with E-state index in [0.29, 0.717) is 33.1 Å². The largest absolute Gasteiger partial charge is 0.465 e. The van der Waals surface area contributed by atoms with E-state index in [1.54, 1.807) is 70.5 Å². The van der Waals surface area contributed by atoms with Gasteiger partial charge in [0.25, 0.3) is 5.91 Å². The number of para-hydroxylation sites is 1. The van der Waals surface area contributed by atoms with Crippen molar-refractivity contribution in [3.8, 4) is 0 Å². The zero-order valence-corrected chi connectivity index (χ0v) is 34.7. The van der Waals surface area contributed by atoms with Crippen molar-refractivity contribution in [3.05, 3.63) is 189 Å². The summed E-state index contributed by atoms with van der Waals surface area (Å²) in [5, 5.41) is 0.334. The van der Waals surface area contributed by atoms with Crippen LogP contribution in [0.3, 0.4) is 0 Å². The topological polar surface area (TPSA) is 123 Å². The quantitative estimate of drug-likeness (QED) is 0.0907. The molecule has 2 bridgehead atoms. The van der Waals surface area contributed by atoms with E-state index < -0.39 is 64.4 Å². The summed E-state index contributed by atoms with van der Waals surface area (Å²) in [6.45, 7) is 2.21. The highest BCUT2D eigenvalue weighted by molar-refractivity contribution is 6.31. The van der Waals surface area contributed by atoms with Crippen LogP contribution in [-0.2, 0) is 57.5 Å². The Hall–Kier alpha value is -6.82. The molecule has 1 saturated heterocycles. The van der Waals surface area contributed by atoms with Gasteiger partial charge in [0.2, 0.25) is 11.5 Å². The van der Waals surface area contributed by atoms with E-state index in [9.17, 15) is 9.59 Å². The third-order valence-corrected chi connectivity index (χ3v) is 13.3. The molecule has 62 heavy (non-hydrogen) atoms. The molecule has 0 radical (unpaired) electrons. The Kier molecular flexibility index (Phi) is 9.31. The number of nitrogens with zero attached hydrogens (tertiary/aromatic N) is 3. The molecule has 5 aromatic carbocycles. The molecule has 12 heteroatoms. The third-order valence-electron chi connectivity index (χ3n) is 13.1. The zero-order chi connectivity index (χ0) is 43.1. The van der Waals surface area contributed by atoms with Gasteiger partial charge in [0.15, 0.2) is 5.78 Å². The minimum Gasteiger partial charge on any atom is -0.465 e. The minimum atomic E-state index is -2.24. The number of benzene rings is 5. The number of methoxy groups -OCH3 is 2. The van der Waals surface area contributed by atoms with E-state index in [4.69, 9.17) is 25.8 Å². The summed E-state index contributed by atoms with van der Waals surface area (Å²) < 4.78 is 18.2. The summed E-state index contributed by atoms with van der Waals surface area (Å²) in [7, 11) is 2.35. The Bertz CT molecular complexity index is 2770. The van der Waals surface area contributed by atoms with Crippen molar-refractivity contribution in [2.45, 2.75) is 43.3 Å². The van der Waals surface area contributed by atoms with Gasteiger partial charge in [-0.15, -0.1) is 0 Å². The summed E-state index contributed by atoms with van der Waals surface area (Å²) in [5.41, 5.74) is 0.0884. The second-order valence-electron chi connectivity index (χ2n) is 16.2. The standard InChI is InChI=1S/C50H40ClN3O8/c1-29-18-20-32(21-19-29)43(55)40-34-23-25-39(49(40)36-26-33(51)22-24-38(36)52(47(49)58)27-30-12-6-4-7-13-30)54-42(46(57)61-3)41(45(56)60-2)50(62-44(34)54)35-16-10-11-17-37(35)53(48(50)59)28-31-14-8-5-9-15-31/h4-26,34,39-40,44H,27-28H2,1-3H3/t34-,39+,40-,44+,49+,50-/m1/s1. The molecule has 5 aromatic rings. The van der Waals surface area contributed by atoms with Crippen molar-refractivity contribution in [1.29, 1.82) is 0 Å². The summed E-state index contributed by atoms with van der Waals surface area (Å²) in [6.07, 6.45) is 2.37. The summed E-state index contributed by atoms with van der Waals surface area (Å²) in [5.74, 6) is -5.48. The van der Waals surface area contributed by atoms with E-state index in [-0.39, 0.29) is 24.6 Å².